The van der Waals surface area contributed by atoms with Gasteiger partial charge in [-0.25, -0.2) is 0 Å². The van der Waals surface area contributed by atoms with Crippen LogP contribution in [-0.2, 0) is 17.8 Å². The molecule has 1 unspecified atom stereocenters. The van der Waals surface area contributed by atoms with Crippen LogP contribution in [-0.4, -0.2) is 48.6 Å². The van der Waals surface area contributed by atoms with E-state index in [-0.39, 0.29) is 11.9 Å². The summed E-state index contributed by atoms with van der Waals surface area (Å²) in [5.74, 6) is 0.0382. The Hall–Kier alpha value is -2.24. The van der Waals surface area contributed by atoms with Crippen molar-refractivity contribution in [2.24, 2.45) is 0 Å². The van der Waals surface area contributed by atoms with Crippen LogP contribution < -0.4 is 5.32 Å². The Morgan fingerprint density at radius 1 is 1.32 bits per heavy atom. The third-order valence-electron chi connectivity index (χ3n) is 5.22. The Morgan fingerprint density at radius 2 is 2.24 bits per heavy atom. The minimum Gasteiger partial charge on any atom is -0.376 e. The quantitative estimate of drug-likeness (QED) is 0.933. The second-order valence-corrected chi connectivity index (χ2v) is 6.74. The molecule has 2 aromatic rings. The summed E-state index contributed by atoms with van der Waals surface area (Å²) in [6.45, 7) is 3.26. The Labute approximate surface area is 148 Å². The number of likely N-dealkylation sites (N-methyl/N-ethyl adjacent to an activating group) is 1. The van der Waals surface area contributed by atoms with Crippen molar-refractivity contribution in [2.75, 3.05) is 26.7 Å². The van der Waals surface area contributed by atoms with Gasteiger partial charge in [0.05, 0.1) is 24.5 Å². The molecule has 0 aliphatic carbocycles. The van der Waals surface area contributed by atoms with Crippen LogP contribution in [0.3, 0.4) is 0 Å². The fraction of sp³-hybridized carbons (Fsp3) is 0.400. The highest BCUT2D eigenvalue weighted by Gasteiger charge is 2.24. The highest BCUT2D eigenvalue weighted by Crippen LogP contribution is 2.28. The molecule has 3 heterocycles. The number of hydrogen-bond donors (Lipinski definition) is 1. The number of nitrogens with zero attached hydrogens (tertiary/aromatic N) is 2. The third kappa shape index (κ3) is 3.17. The van der Waals surface area contributed by atoms with E-state index in [0.717, 1.165) is 43.8 Å². The van der Waals surface area contributed by atoms with Gasteiger partial charge >= 0.3 is 0 Å². The van der Waals surface area contributed by atoms with E-state index in [1.54, 1.807) is 6.20 Å². The number of pyridine rings is 1. The predicted molar refractivity (Wildman–Crippen MR) is 96.4 cm³/mol. The van der Waals surface area contributed by atoms with Crippen LogP contribution in [0.4, 0.5) is 0 Å². The Morgan fingerprint density at radius 3 is 3.00 bits per heavy atom. The Balaban J connectivity index is 1.57. The summed E-state index contributed by atoms with van der Waals surface area (Å²) in [4.78, 5) is 19.1. The van der Waals surface area contributed by atoms with Gasteiger partial charge < -0.3 is 15.0 Å². The van der Waals surface area contributed by atoms with Crippen molar-refractivity contribution in [1.82, 2.24) is 15.2 Å². The molecule has 1 amide bonds. The molecule has 0 bridgehead atoms. The first-order valence-electron chi connectivity index (χ1n) is 8.87. The zero-order chi connectivity index (χ0) is 17.2. The molecule has 1 aromatic heterocycles. The lowest BCUT2D eigenvalue weighted by Crippen LogP contribution is -2.38. The second kappa shape index (κ2) is 6.94. The van der Waals surface area contributed by atoms with Crippen LogP contribution in [0.2, 0.25) is 0 Å². The summed E-state index contributed by atoms with van der Waals surface area (Å²) in [7, 11) is 1.88. The van der Waals surface area contributed by atoms with Gasteiger partial charge in [0.25, 0.3) is 5.91 Å². The molecular formula is C20H23N3O2. The van der Waals surface area contributed by atoms with Crippen molar-refractivity contribution in [3.8, 4) is 11.3 Å². The molecule has 0 radical (unpaired) electrons. The maximum Gasteiger partial charge on any atom is 0.255 e. The molecule has 25 heavy (non-hydrogen) atoms. The van der Waals surface area contributed by atoms with Crippen LogP contribution in [0.25, 0.3) is 11.3 Å². The van der Waals surface area contributed by atoms with Crippen LogP contribution >= 0.6 is 0 Å². The van der Waals surface area contributed by atoms with Gasteiger partial charge in [0.1, 0.15) is 0 Å². The molecule has 4 rings (SSSR count). The van der Waals surface area contributed by atoms with Crippen molar-refractivity contribution < 1.29 is 9.53 Å². The molecule has 2 aliphatic heterocycles. The van der Waals surface area contributed by atoms with E-state index in [2.05, 4.69) is 22.4 Å². The van der Waals surface area contributed by atoms with E-state index in [4.69, 9.17) is 4.74 Å². The van der Waals surface area contributed by atoms with Crippen molar-refractivity contribution in [3.63, 3.8) is 0 Å². The van der Waals surface area contributed by atoms with Gasteiger partial charge in [0.15, 0.2) is 0 Å². The molecule has 1 aromatic carbocycles. The molecule has 130 valence electrons. The van der Waals surface area contributed by atoms with Crippen LogP contribution in [0.15, 0.2) is 36.5 Å². The van der Waals surface area contributed by atoms with E-state index >= 15 is 0 Å². The second-order valence-electron chi connectivity index (χ2n) is 6.74. The lowest BCUT2D eigenvalue weighted by Gasteiger charge is -2.24. The standard InChI is InChI=1S/C20H23N3O2/c1-23(16-7-9-21-12-16)20(24)14-5-6-19(22-11-14)18-4-2-3-15-13-25-10-8-17(15)18/h2-6,11,16,21H,7-10,12-13H2,1H3. The first kappa shape index (κ1) is 16.2. The zero-order valence-corrected chi connectivity index (χ0v) is 14.5. The molecule has 1 N–H and O–H groups in total. The normalized spacial score (nSPS) is 19.5. The van der Waals surface area contributed by atoms with Crippen molar-refractivity contribution in [1.29, 1.82) is 0 Å². The molecule has 5 heteroatoms. The first-order valence-corrected chi connectivity index (χ1v) is 8.87. The molecular weight excluding hydrogens is 314 g/mol. The molecule has 0 spiro atoms. The molecule has 0 saturated carbocycles. The molecule has 2 aliphatic rings. The summed E-state index contributed by atoms with van der Waals surface area (Å²) in [6.07, 6.45) is 3.62. The summed E-state index contributed by atoms with van der Waals surface area (Å²) in [5.41, 5.74) is 5.26. The van der Waals surface area contributed by atoms with Crippen LogP contribution in [0, 0.1) is 0 Å². The van der Waals surface area contributed by atoms with Gasteiger partial charge in [0, 0.05) is 31.4 Å². The largest absolute Gasteiger partial charge is 0.376 e. The summed E-state index contributed by atoms with van der Waals surface area (Å²) in [5, 5.41) is 3.30. The minimum atomic E-state index is 0.0382. The molecule has 1 fully saturated rings. The maximum atomic E-state index is 12.7. The Bertz CT molecular complexity index is 767. The maximum absolute atomic E-state index is 12.7. The summed E-state index contributed by atoms with van der Waals surface area (Å²) >= 11 is 0. The van der Waals surface area contributed by atoms with E-state index in [1.165, 1.54) is 11.1 Å². The number of hydrogen-bond acceptors (Lipinski definition) is 4. The number of fused-ring (bicyclic) bond motifs is 1. The van der Waals surface area contributed by atoms with Gasteiger partial charge in [-0.15, -0.1) is 0 Å². The average Bonchev–Trinajstić information content (AvgIpc) is 3.21. The van der Waals surface area contributed by atoms with Crippen LogP contribution in [0.1, 0.15) is 27.9 Å². The molecule has 1 saturated heterocycles. The zero-order valence-electron chi connectivity index (χ0n) is 14.5. The molecule has 1 atom stereocenters. The monoisotopic (exact) mass is 337 g/mol. The highest BCUT2D eigenvalue weighted by atomic mass is 16.5. The van der Waals surface area contributed by atoms with Gasteiger partial charge in [-0.05, 0) is 42.6 Å². The van der Waals surface area contributed by atoms with E-state index < -0.39 is 0 Å². The third-order valence-corrected chi connectivity index (χ3v) is 5.22. The number of rotatable bonds is 3. The topological polar surface area (TPSA) is 54.5 Å². The van der Waals surface area contributed by atoms with E-state index in [1.807, 2.05) is 30.1 Å². The van der Waals surface area contributed by atoms with Crippen molar-refractivity contribution >= 4 is 5.91 Å². The van der Waals surface area contributed by atoms with E-state index in [9.17, 15) is 4.79 Å². The number of amides is 1. The minimum absolute atomic E-state index is 0.0382. The number of ether oxygens (including phenoxy) is 1. The summed E-state index contributed by atoms with van der Waals surface area (Å²) in [6, 6.07) is 10.4. The summed E-state index contributed by atoms with van der Waals surface area (Å²) < 4.78 is 5.54. The number of benzene rings is 1. The lowest BCUT2D eigenvalue weighted by molar-refractivity contribution is 0.0743. The average molecular weight is 337 g/mol. The fourth-order valence-corrected chi connectivity index (χ4v) is 3.68. The van der Waals surface area contributed by atoms with Gasteiger partial charge in [-0.1, -0.05) is 18.2 Å². The number of aromatic nitrogens is 1. The van der Waals surface area contributed by atoms with Crippen molar-refractivity contribution in [2.45, 2.75) is 25.5 Å². The predicted octanol–water partition coefficient (Wildman–Crippen LogP) is 2.26. The first-order chi connectivity index (χ1) is 12.2. The van der Waals surface area contributed by atoms with Gasteiger partial charge in [-0.2, -0.15) is 0 Å². The van der Waals surface area contributed by atoms with Crippen molar-refractivity contribution in [3.05, 3.63) is 53.2 Å². The van der Waals surface area contributed by atoms with Gasteiger partial charge in [0.2, 0.25) is 0 Å². The molecule has 5 nitrogen and oxygen atoms in total. The smallest absolute Gasteiger partial charge is 0.255 e. The lowest BCUT2D eigenvalue weighted by atomic mass is 9.95. The number of nitrogens with one attached hydrogen (secondary N) is 1. The SMILES string of the molecule is CN(C(=O)c1ccc(-c2cccc3c2CCOC3)nc1)C1CCNC1. The Kier molecular flexibility index (Phi) is 4.51. The number of carbonyl (C=O) groups is 1. The fourth-order valence-electron chi connectivity index (χ4n) is 3.68. The number of carbonyl (C=O) groups excluding carboxylic acids is 1. The van der Waals surface area contributed by atoms with E-state index in [0.29, 0.717) is 12.2 Å². The highest BCUT2D eigenvalue weighted by molar-refractivity contribution is 5.94. The van der Waals surface area contributed by atoms with Crippen LogP contribution in [0.5, 0.6) is 0 Å². The van der Waals surface area contributed by atoms with Gasteiger partial charge in [-0.3, -0.25) is 9.78 Å².